The lowest BCUT2D eigenvalue weighted by Gasteiger charge is -2.15. The molecular formula is C14H18N4O2. The zero-order chi connectivity index (χ0) is 14.2. The number of H-pyrrole nitrogens is 1. The van der Waals surface area contributed by atoms with Crippen LogP contribution in [-0.2, 0) is 11.2 Å². The number of aryl methyl sites for hydroxylation is 1. The normalized spacial score (nSPS) is 11.8. The molecule has 2 heterocycles. The first-order valence-corrected chi connectivity index (χ1v) is 6.55. The highest BCUT2D eigenvalue weighted by atomic mass is 16.5. The van der Waals surface area contributed by atoms with Crippen LogP contribution >= 0.6 is 0 Å². The molecule has 20 heavy (non-hydrogen) atoms. The summed E-state index contributed by atoms with van der Waals surface area (Å²) in [6.45, 7) is 2.38. The Morgan fingerprint density at radius 3 is 3.10 bits per heavy atom. The van der Waals surface area contributed by atoms with Gasteiger partial charge in [-0.05, 0) is 31.0 Å². The van der Waals surface area contributed by atoms with Gasteiger partial charge >= 0.3 is 0 Å². The Morgan fingerprint density at radius 1 is 1.50 bits per heavy atom. The van der Waals surface area contributed by atoms with Gasteiger partial charge in [0.25, 0.3) is 0 Å². The Bertz CT molecular complexity index is 513. The number of hydrogen-bond acceptors (Lipinski definition) is 4. The average Bonchev–Trinajstić information content (AvgIpc) is 2.97. The number of aromatic nitrogens is 3. The molecule has 0 aliphatic carbocycles. The molecule has 1 unspecified atom stereocenters. The van der Waals surface area contributed by atoms with Crippen LogP contribution in [0.25, 0.3) is 0 Å². The number of rotatable bonds is 7. The maximum absolute atomic E-state index is 11.7. The van der Waals surface area contributed by atoms with E-state index < -0.39 is 0 Å². The lowest BCUT2D eigenvalue weighted by molar-refractivity contribution is -0.121. The summed E-state index contributed by atoms with van der Waals surface area (Å²) >= 11 is 0. The van der Waals surface area contributed by atoms with E-state index in [1.165, 1.54) is 0 Å². The molecule has 0 aliphatic rings. The molecule has 6 nitrogen and oxygen atoms in total. The highest BCUT2D eigenvalue weighted by Gasteiger charge is 2.07. The van der Waals surface area contributed by atoms with Crippen LogP contribution in [0.3, 0.4) is 0 Å². The van der Waals surface area contributed by atoms with Gasteiger partial charge in [-0.2, -0.15) is 5.10 Å². The predicted molar refractivity (Wildman–Crippen MR) is 74.2 cm³/mol. The molecule has 106 valence electrons. The third kappa shape index (κ3) is 4.72. The van der Waals surface area contributed by atoms with Crippen molar-refractivity contribution >= 4 is 5.91 Å². The zero-order valence-electron chi connectivity index (χ0n) is 11.4. The molecule has 2 aromatic heterocycles. The Hall–Kier alpha value is -2.37. The van der Waals surface area contributed by atoms with Gasteiger partial charge in [0.15, 0.2) is 0 Å². The molecule has 0 fully saturated rings. The number of hydrogen-bond donors (Lipinski definition) is 2. The van der Waals surface area contributed by atoms with E-state index in [4.69, 9.17) is 4.74 Å². The first kappa shape index (κ1) is 14.0. The van der Waals surface area contributed by atoms with E-state index in [1.54, 1.807) is 24.8 Å². The second-order valence-electron chi connectivity index (χ2n) is 4.53. The Balaban J connectivity index is 1.65. The molecule has 1 amide bonds. The van der Waals surface area contributed by atoms with E-state index in [0.717, 1.165) is 5.56 Å². The minimum absolute atomic E-state index is 0.00726. The van der Waals surface area contributed by atoms with Crippen LogP contribution in [0, 0.1) is 0 Å². The monoisotopic (exact) mass is 274 g/mol. The van der Waals surface area contributed by atoms with Crippen molar-refractivity contribution in [2.75, 3.05) is 6.54 Å². The average molecular weight is 274 g/mol. The van der Waals surface area contributed by atoms with Gasteiger partial charge in [-0.25, -0.2) is 0 Å². The smallest absolute Gasteiger partial charge is 0.220 e. The fourth-order valence-corrected chi connectivity index (χ4v) is 1.71. The first-order valence-electron chi connectivity index (χ1n) is 6.55. The molecule has 2 N–H and O–H groups in total. The first-order chi connectivity index (χ1) is 9.74. The Kier molecular flexibility index (Phi) is 5.11. The van der Waals surface area contributed by atoms with Gasteiger partial charge in [0, 0.05) is 18.8 Å². The minimum Gasteiger partial charge on any atom is -0.487 e. The van der Waals surface area contributed by atoms with Crippen LogP contribution < -0.4 is 10.1 Å². The lowest BCUT2D eigenvalue weighted by atomic mass is 10.2. The highest BCUT2D eigenvalue weighted by molar-refractivity contribution is 5.76. The van der Waals surface area contributed by atoms with Gasteiger partial charge in [0.05, 0.1) is 18.9 Å². The number of carbonyl (C=O) groups excluding carboxylic acids is 1. The van der Waals surface area contributed by atoms with E-state index in [2.05, 4.69) is 20.5 Å². The topological polar surface area (TPSA) is 79.9 Å². The van der Waals surface area contributed by atoms with E-state index in [-0.39, 0.29) is 12.0 Å². The van der Waals surface area contributed by atoms with E-state index in [9.17, 15) is 4.79 Å². The van der Waals surface area contributed by atoms with Crippen LogP contribution in [0.4, 0.5) is 0 Å². The molecule has 0 saturated heterocycles. The van der Waals surface area contributed by atoms with Crippen LogP contribution in [0.15, 0.2) is 36.9 Å². The molecular weight excluding hydrogens is 256 g/mol. The van der Waals surface area contributed by atoms with Crippen molar-refractivity contribution in [3.63, 3.8) is 0 Å². The Morgan fingerprint density at radius 2 is 2.40 bits per heavy atom. The molecule has 2 rings (SSSR count). The van der Waals surface area contributed by atoms with Crippen LogP contribution in [0.2, 0.25) is 0 Å². The minimum atomic E-state index is -0.0999. The van der Waals surface area contributed by atoms with Crippen LogP contribution in [0.1, 0.15) is 18.9 Å². The number of amides is 1. The van der Waals surface area contributed by atoms with Gasteiger partial charge in [0.2, 0.25) is 5.91 Å². The number of pyridine rings is 1. The molecule has 0 aromatic carbocycles. The second-order valence-corrected chi connectivity index (χ2v) is 4.53. The number of ether oxygens (including phenoxy) is 1. The van der Waals surface area contributed by atoms with E-state index in [0.29, 0.717) is 25.1 Å². The molecule has 1 atom stereocenters. The largest absolute Gasteiger partial charge is 0.487 e. The fourth-order valence-electron chi connectivity index (χ4n) is 1.71. The number of carbonyl (C=O) groups is 1. The molecule has 0 bridgehead atoms. The van der Waals surface area contributed by atoms with Crippen molar-refractivity contribution in [2.24, 2.45) is 0 Å². The number of nitrogens with zero attached hydrogens (tertiary/aromatic N) is 2. The van der Waals surface area contributed by atoms with Crippen LogP contribution in [-0.4, -0.2) is 33.7 Å². The Labute approximate surface area is 117 Å². The standard InChI is InChI=1S/C14H18N4O2/c1-11(20-13-3-2-6-15-10-13)7-16-14(19)5-4-12-8-17-18-9-12/h2-3,6,8-11H,4-5,7H2,1H3,(H,16,19)(H,17,18). The van der Waals surface area contributed by atoms with Gasteiger partial charge < -0.3 is 10.1 Å². The summed E-state index contributed by atoms with van der Waals surface area (Å²) in [5.41, 5.74) is 1.03. The van der Waals surface area contributed by atoms with E-state index >= 15 is 0 Å². The van der Waals surface area contributed by atoms with Gasteiger partial charge in [-0.1, -0.05) is 0 Å². The quantitative estimate of drug-likeness (QED) is 0.798. The van der Waals surface area contributed by atoms with Crippen molar-refractivity contribution in [1.29, 1.82) is 0 Å². The SMILES string of the molecule is CC(CNC(=O)CCc1cn[nH]c1)Oc1cccnc1. The maximum Gasteiger partial charge on any atom is 0.220 e. The summed E-state index contributed by atoms with van der Waals surface area (Å²) in [4.78, 5) is 15.7. The summed E-state index contributed by atoms with van der Waals surface area (Å²) in [6, 6.07) is 3.65. The number of aromatic amines is 1. The molecule has 2 aromatic rings. The van der Waals surface area contributed by atoms with Gasteiger partial charge in [-0.3, -0.25) is 14.9 Å². The third-order valence-electron chi connectivity index (χ3n) is 2.75. The number of nitrogens with one attached hydrogen (secondary N) is 2. The third-order valence-corrected chi connectivity index (χ3v) is 2.75. The lowest BCUT2D eigenvalue weighted by Crippen LogP contribution is -2.33. The van der Waals surface area contributed by atoms with Crippen molar-refractivity contribution in [3.8, 4) is 5.75 Å². The van der Waals surface area contributed by atoms with Crippen LogP contribution in [0.5, 0.6) is 5.75 Å². The molecule has 0 aliphatic heterocycles. The molecule has 0 radical (unpaired) electrons. The fraction of sp³-hybridized carbons (Fsp3) is 0.357. The summed E-state index contributed by atoms with van der Waals surface area (Å²) in [5.74, 6) is 0.709. The summed E-state index contributed by atoms with van der Waals surface area (Å²) in [6.07, 6.45) is 7.88. The zero-order valence-corrected chi connectivity index (χ0v) is 11.4. The summed E-state index contributed by atoms with van der Waals surface area (Å²) < 4.78 is 5.62. The van der Waals surface area contributed by atoms with E-state index in [1.807, 2.05) is 19.1 Å². The van der Waals surface area contributed by atoms with Crippen molar-refractivity contribution in [2.45, 2.75) is 25.9 Å². The second kappa shape index (κ2) is 7.28. The van der Waals surface area contributed by atoms with Crippen molar-refractivity contribution in [1.82, 2.24) is 20.5 Å². The van der Waals surface area contributed by atoms with Gasteiger partial charge in [-0.15, -0.1) is 0 Å². The highest BCUT2D eigenvalue weighted by Crippen LogP contribution is 2.08. The van der Waals surface area contributed by atoms with Crippen molar-refractivity contribution in [3.05, 3.63) is 42.5 Å². The molecule has 6 heteroatoms. The predicted octanol–water partition coefficient (Wildman–Crippen LogP) is 1.32. The summed E-state index contributed by atoms with van der Waals surface area (Å²) in [7, 11) is 0. The molecule has 0 spiro atoms. The summed E-state index contributed by atoms with van der Waals surface area (Å²) in [5, 5.41) is 9.41. The molecule has 0 saturated carbocycles. The van der Waals surface area contributed by atoms with Crippen molar-refractivity contribution < 1.29 is 9.53 Å². The van der Waals surface area contributed by atoms with Gasteiger partial charge in [0.1, 0.15) is 11.9 Å². The maximum atomic E-state index is 11.7.